The van der Waals surface area contributed by atoms with Crippen molar-refractivity contribution in [2.24, 2.45) is 11.3 Å². The number of rotatable bonds is 1. The number of nitrogens with zero attached hydrogens (tertiary/aromatic N) is 15. The monoisotopic (exact) mass is 1630 g/mol. The van der Waals surface area contributed by atoms with Crippen molar-refractivity contribution >= 4 is 54.5 Å². The number of hydrogen-bond donors (Lipinski definition) is 0. The van der Waals surface area contributed by atoms with Crippen LogP contribution in [0.25, 0.3) is 54.5 Å². The van der Waals surface area contributed by atoms with Gasteiger partial charge in [-0.05, 0) is 244 Å². The van der Waals surface area contributed by atoms with Gasteiger partial charge in [-0.3, -0.25) is 46.8 Å². The number of ether oxygens (including phenoxy) is 1. The summed E-state index contributed by atoms with van der Waals surface area (Å²) >= 11 is 0. The number of halogens is 2. The minimum atomic E-state index is -1.24. The molecule has 0 amide bonds. The minimum absolute atomic E-state index is 0.0191. The van der Waals surface area contributed by atoms with Crippen LogP contribution in [0.15, 0.2) is 237 Å². The van der Waals surface area contributed by atoms with Crippen molar-refractivity contribution in [1.29, 1.82) is 0 Å². The summed E-state index contributed by atoms with van der Waals surface area (Å²) in [6.07, 6.45) is 13.9. The van der Waals surface area contributed by atoms with Gasteiger partial charge in [0.05, 0.1) is 73.7 Å². The van der Waals surface area contributed by atoms with E-state index in [1.54, 1.807) is 78.0 Å². The van der Waals surface area contributed by atoms with Crippen molar-refractivity contribution in [3.63, 3.8) is 0 Å². The lowest BCUT2D eigenvalue weighted by atomic mass is 9.84. The lowest BCUT2D eigenvalue weighted by Gasteiger charge is -2.33. The Balaban J connectivity index is 0.000000109. The Morgan fingerprint density at radius 1 is 0.423 bits per heavy atom. The Hall–Kier alpha value is -14.8. The van der Waals surface area contributed by atoms with Gasteiger partial charge in [-0.15, -0.1) is 0 Å². The van der Waals surface area contributed by atoms with Crippen LogP contribution in [0.1, 0.15) is 176 Å². The van der Waals surface area contributed by atoms with E-state index in [2.05, 4.69) is 106 Å². The topological polar surface area (TPSA) is 248 Å². The average molecular weight is 1630 g/mol. The first-order valence-electron chi connectivity index (χ1n) is 41.2. The highest BCUT2D eigenvalue weighted by Crippen LogP contribution is 2.51. The molecule has 23 heteroatoms. The standard InChI is InChI=1S/C21H18FN3O.C21H19N3O.C20H15N3O.C19H14FN3O.C19H15N3O2/c1-21(2)12-17(22)19-24-18-11-14(6-8-15-5-3-4-10-23-15)7-9-16(18)20(26)25(19)13-21;1-2-17-7-5-8-20-23-19-14-15(9-11-16-6-3-4-13-22-16)10-12-18(19)21(25)24(17)20;24-20-16-7-5-13(4-6-15-3-1-2-9-21-15)11-18(16)22-19-17-12-14(17)8-10-23(19)20;20-14-6-9-18-22-17-11-13(4-7-15-3-1-2-10-21-15)5-8-16(17)19(24)23(18)12-14;1-13-11-22-18(12-24-13)21-17-10-14(6-8-16(17)19(22)23)5-7-15-4-2-3-9-20-15/h3-5,7,9-11,17H,12-13H2,1-2H3;3-4,6,10,12-14,17H,2,5,7-8H2,1H3;1-3,5,7,9,11,14,17H,8,10,12H2;1-3,5,8,10-11,14H,6,9,12H2;2-4,6,8-10,13H,11-12H2,1H3. The first-order chi connectivity index (χ1) is 59.9. The van der Waals surface area contributed by atoms with Crippen LogP contribution in [0.3, 0.4) is 0 Å². The highest BCUT2D eigenvalue weighted by atomic mass is 19.1. The number of hydrogen-bond acceptors (Lipinski definition) is 16. The zero-order valence-electron chi connectivity index (χ0n) is 68.0. The van der Waals surface area contributed by atoms with Gasteiger partial charge in [-0.1, -0.05) is 80.7 Å². The molecule has 1 saturated carbocycles. The molecule has 606 valence electrons. The first-order valence-corrected chi connectivity index (χ1v) is 41.2. The van der Waals surface area contributed by atoms with Gasteiger partial charge in [-0.2, -0.15) is 0 Å². The van der Waals surface area contributed by atoms with Crippen LogP contribution in [0.5, 0.6) is 0 Å². The van der Waals surface area contributed by atoms with Crippen molar-refractivity contribution in [3.05, 3.63) is 350 Å². The summed E-state index contributed by atoms with van der Waals surface area (Å²) in [5.41, 5.74) is 10.2. The van der Waals surface area contributed by atoms with Gasteiger partial charge in [0.25, 0.3) is 27.8 Å². The molecule has 21 nitrogen and oxygen atoms in total. The van der Waals surface area contributed by atoms with Crippen molar-refractivity contribution in [2.75, 3.05) is 0 Å². The SMILES string of the molecule is CC1(C)CC(F)c2nc3cc(C#Cc4ccccn4)ccc3c(=O)n2C1.CC1Cn2c(nc3cc(C#Cc4ccccn4)ccc3c2=O)CO1.CCC1CCCc2nc3cc(C#Cc4ccccn4)ccc3c(=O)n21.O=c1c2ccc(C#Cc3ccccn3)cc2nc2n1CC(F)CC2.O=c1c2ccc(C#Cc3ccccn3)cc2nc2n1CCC1CC21. The maximum atomic E-state index is 14.6. The molecule has 6 unspecified atom stereocenters. The van der Waals surface area contributed by atoms with Crippen LogP contribution >= 0.6 is 0 Å². The first kappa shape index (κ1) is 80.6. The quantitative estimate of drug-likeness (QED) is 0.139. The molecule has 1 aliphatic carbocycles. The molecule has 10 aromatic heterocycles. The third kappa shape index (κ3) is 18.3. The normalized spacial score (nSPS) is 17.5. The fraction of sp³-hybridized carbons (Fsp3) is 0.250. The second-order valence-corrected chi connectivity index (χ2v) is 31.8. The average Bonchev–Trinajstić information content (AvgIpc) is 1.39. The van der Waals surface area contributed by atoms with Gasteiger partial charge in [-0.25, -0.2) is 58.6 Å². The van der Waals surface area contributed by atoms with E-state index in [1.165, 1.54) is 15.6 Å². The summed E-state index contributed by atoms with van der Waals surface area (Å²) in [4.78, 5) is 108. The van der Waals surface area contributed by atoms with E-state index in [0.29, 0.717) is 123 Å². The van der Waals surface area contributed by atoms with Crippen LogP contribution in [-0.4, -0.2) is 85.0 Å². The molecule has 6 atom stereocenters. The molecule has 0 bridgehead atoms. The van der Waals surface area contributed by atoms with Crippen molar-refractivity contribution in [3.8, 4) is 59.2 Å². The zero-order chi connectivity index (χ0) is 84.7. The molecule has 0 N–H and O–H groups in total. The molecule has 0 spiro atoms. The van der Waals surface area contributed by atoms with E-state index >= 15 is 0 Å². The van der Waals surface area contributed by atoms with Crippen LogP contribution in [-0.2, 0) is 50.4 Å². The molecule has 15 heterocycles. The van der Waals surface area contributed by atoms with Crippen molar-refractivity contribution < 1.29 is 13.5 Å². The molecule has 6 aliphatic rings. The Bertz CT molecular complexity index is 7140. The molecule has 21 rings (SSSR count). The number of aryl methyl sites for hydroxylation is 2. The summed E-state index contributed by atoms with van der Waals surface area (Å²) in [6.45, 7) is 10.3. The second kappa shape index (κ2) is 35.6. The Morgan fingerprint density at radius 3 is 1.26 bits per heavy atom. The van der Waals surface area contributed by atoms with E-state index in [0.717, 1.165) is 101 Å². The molecule has 0 saturated heterocycles. The molecule has 5 aliphatic heterocycles. The minimum Gasteiger partial charge on any atom is -0.369 e. The zero-order valence-corrected chi connectivity index (χ0v) is 68.0. The molecule has 15 aromatic rings. The van der Waals surface area contributed by atoms with Crippen LogP contribution in [0.2, 0.25) is 0 Å². The van der Waals surface area contributed by atoms with Gasteiger partial charge in [0.1, 0.15) is 70.4 Å². The highest BCUT2D eigenvalue weighted by Gasteiger charge is 2.44. The van der Waals surface area contributed by atoms with Crippen LogP contribution < -0.4 is 27.8 Å². The highest BCUT2D eigenvalue weighted by molar-refractivity contribution is 5.83. The number of alkyl halides is 2. The number of pyridine rings is 5. The number of aromatic nitrogens is 15. The van der Waals surface area contributed by atoms with Crippen molar-refractivity contribution in [2.45, 2.75) is 149 Å². The summed E-state index contributed by atoms with van der Waals surface area (Å²) in [5, 5.41) is 2.95. The molecular formula is C100H81F2N15O6. The lowest BCUT2D eigenvalue weighted by molar-refractivity contribution is 0.0117. The van der Waals surface area contributed by atoms with Crippen LogP contribution in [0, 0.1) is 70.5 Å². The molecule has 5 aromatic carbocycles. The van der Waals surface area contributed by atoms with Crippen LogP contribution in [0.4, 0.5) is 8.78 Å². The molecule has 1 fully saturated rings. The summed E-state index contributed by atoms with van der Waals surface area (Å²) in [5.74, 6) is 35.1. The van der Waals surface area contributed by atoms with E-state index in [9.17, 15) is 32.8 Å². The van der Waals surface area contributed by atoms with Gasteiger partial charge in [0, 0.05) is 96.7 Å². The predicted octanol–water partition coefficient (Wildman–Crippen LogP) is 14.4. The lowest BCUT2D eigenvalue weighted by Crippen LogP contribution is -2.37. The maximum absolute atomic E-state index is 14.6. The van der Waals surface area contributed by atoms with Gasteiger partial charge in [0.2, 0.25) is 0 Å². The number of fused-ring (bicyclic) bond motifs is 12. The van der Waals surface area contributed by atoms with Gasteiger partial charge < -0.3 is 4.74 Å². The Labute approximate surface area is 706 Å². The molecule has 123 heavy (non-hydrogen) atoms. The summed E-state index contributed by atoms with van der Waals surface area (Å²) in [6, 6.07) is 55.6. The molecular weight excluding hydrogens is 1550 g/mol. The van der Waals surface area contributed by atoms with Gasteiger partial charge >= 0.3 is 0 Å². The largest absolute Gasteiger partial charge is 0.369 e. The van der Waals surface area contributed by atoms with E-state index in [-0.39, 0.29) is 57.7 Å². The third-order valence-corrected chi connectivity index (χ3v) is 22.4. The fourth-order valence-electron chi connectivity index (χ4n) is 16.0. The van der Waals surface area contributed by atoms with Crippen molar-refractivity contribution in [1.82, 2.24) is 72.7 Å². The second-order valence-electron chi connectivity index (χ2n) is 31.8. The maximum Gasteiger partial charge on any atom is 0.261 e. The predicted molar refractivity (Wildman–Crippen MR) is 469 cm³/mol. The van der Waals surface area contributed by atoms with E-state index in [4.69, 9.17) is 14.7 Å². The Kier molecular flexibility index (Phi) is 23.3. The Morgan fingerprint density at radius 2 is 0.821 bits per heavy atom. The molecule has 0 radical (unpaired) electrons. The third-order valence-electron chi connectivity index (χ3n) is 22.4. The van der Waals surface area contributed by atoms with E-state index in [1.807, 2.05) is 169 Å². The van der Waals surface area contributed by atoms with Gasteiger partial charge in [0.15, 0.2) is 6.17 Å². The summed E-state index contributed by atoms with van der Waals surface area (Å²) < 4.78 is 42.2. The fourth-order valence-corrected chi connectivity index (χ4v) is 16.0. The van der Waals surface area contributed by atoms with E-state index < -0.39 is 12.3 Å². The smallest absolute Gasteiger partial charge is 0.261 e. The summed E-state index contributed by atoms with van der Waals surface area (Å²) in [7, 11) is 0. The number of benzene rings is 5.